The van der Waals surface area contributed by atoms with E-state index in [9.17, 15) is 9.59 Å². The molecule has 3 rings (SSSR count). The lowest BCUT2D eigenvalue weighted by Crippen LogP contribution is -2.40. The topological polar surface area (TPSA) is 82.5 Å². The van der Waals surface area contributed by atoms with E-state index in [2.05, 4.69) is 48.5 Å². The Morgan fingerprint density at radius 3 is 2.38 bits per heavy atom. The third-order valence-electron chi connectivity index (χ3n) is 5.87. The number of nitrogens with one attached hydrogen (secondary N) is 1. The van der Waals surface area contributed by atoms with Gasteiger partial charge in [-0.15, -0.1) is 0 Å². The molecule has 0 aliphatic heterocycles. The number of aromatic nitrogens is 2. The number of hydrogen-bond donors (Lipinski definition) is 1. The molecule has 0 aliphatic rings. The van der Waals surface area contributed by atoms with Crippen molar-refractivity contribution in [3.8, 4) is 17.0 Å². The minimum atomic E-state index is -1.19. The van der Waals surface area contributed by atoms with Crippen LogP contribution in [0, 0.1) is 12.8 Å². The number of halogens is 1. The molecule has 1 heterocycles. The van der Waals surface area contributed by atoms with Crippen LogP contribution in [-0.2, 0) is 29.5 Å². The molecule has 1 amide bonds. The average Bonchev–Trinajstić information content (AvgIpc) is 3.22. The summed E-state index contributed by atoms with van der Waals surface area (Å²) in [4.78, 5) is 25.0. The summed E-state index contributed by atoms with van der Waals surface area (Å²) in [6, 6.07) is 13.7. The van der Waals surface area contributed by atoms with Crippen LogP contribution in [0.5, 0.6) is 5.75 Å². The van der Waals surface area contributed by atoms with Crippen LogP contribution in [0.25, 0.3) is 11.3 Å². The molecule has 0 unspecified atom stereocenters. The molecule has 0 spiro atoms. The van der Waals surface area contributed by atoms with Crippen molar-refractivity contribution in [2.75, 3.05) is 6.61 Å². The van der Waals surface area contributed by atoms with Crippen molar-refractivity contribution >= 4 is 23.5 Å². The van der Waals surface area contributed by atoms with Crippen LogP contribution in [0.2, 0.25) is 5.02 Å². The van der Waals surface area contributed by atoms with Gasteiger partial charge in [0, 0.05) is 13.6 Å². The normalized spacial score (nSPS) is 11.5. The molecule has 0 saturated carbocycles. The van der Waals surface area contributed by atoms with E-state index >= 15 is 0 Å². The summed E-state index contributed by atoms with van der Waals surface area (Å²) in [5.41, 5.74) is 3.85. The zero-order chi connectivity index (χ0) is 27.3. The predicted octanol–water partition coefficient (Wildman–Crippen LogP) is 5.90. The number of esters is 1. The van der Waals surface area contributed by atoms with Crippen LogP contribution in [0.4, 0.5) is 0 Å². The molecule has 198 valence electrons. The summed E-state index contributed by atoms with van der Waals surface area (Å²) >= 11 is 6.48. The van der Waals surface area contributed by atoms with E-state index in [0.717, 1.165) is 28.8 Å². The van der Waals surface area contributed by atoms with Crippen LogP contribution in [-0.4, -0.2) is 33.9 Å². The highest BCUT2D eigenvalue weighted by Gasteiger charge is 2.33. The van der Waals surface area contributed by atoms with Crippen molar-refractivity contribution in [1.29, 1.82) is 0 Å². The first kappa shape index (κ1) is 28.3. The fourth-order valence-electron chi connectivity index (χ4n) is 4.04. The summed E-state index contributed by atoms with van der Waals surface area (Å²) in [6.07, 6.45) is 1.03. The Morgan fingerprint density at radius 2 is 1.78 bits per heavy atom. The third-order valence-corrected chi connectivity index (χ3v) is 6.15. The van der Waals surface area contributed by atoms with Gasteiger partial charge in [-0.05, 0) is 74.4 Å². The number of aryl methyl sites for hydroxylation is 2. The van der Waals surface area contributed by atoms with Gasteiger partial charge in [0.05, 0.1) is 17.3 Å². The van der Waals surface area contributed by atoms with Crippen LogP contribution < -0.4 is 10.1 Å². The first-order valence-corrected chi connectivity index (χ1v) is 12.9. The number of benzene rings is 2. The zero-order valence-corrected chi connectivity index (χ0v) is 23.4. The molecule has 1 N–H and O–H groups in total. The van der Waals surface area contributed by atoms with Gasteiger partial charge >= 0.3 is 5.97 Å². The number of carbonyl (C=O) groups is 2. The van der Waals surface area contributed by atoms with Gasteiger partial charge in [-0.25, -0.2) is 4.79 Å². The highest BCUT2D eigenvalue weighted by atomic mass is 35.5. The summed E-state index contributed by atoms with van der Waals surface area (Å²) in [6.45, 7) is 11.8. The second-order valence-electron chi connectivity index (χ2n) is 10.1. The van der Waals surface area contributed by atoms with E-state index < -0.39 is 11.6 Å². The second kappa shape index (κ2) is 11.8. The quantitative estimate of drug-likeness (QED) is 0.333. The lowest BCUT2D eigenvalue weighted by Gasteiger charge is -2.26. The molecule has 0 saturated heterocycles. The SMILES string of the molecule is CCOC(=O)C(C)(C)Oc1c(C)cc(CNC(=O)c2cc(-c3ccc(CC(C)C)cc3)n(C)n2)cc1Cl. The first-order valence-electron chi connectivity index (χ1n) is 12.5. The Labute approximate surface area is 224 Å². The molecular weight excluding hydrogens is 490 g/mol. The van der Waals surface area contributed by atoms with E-state index in [1.807, 2.05) is 20.0 Å². The minimum Gasteiger partial charge on any atom is -0.474 e. The zero-order valence-electron chi connectivity index (χ0n) is 22.6. The maximum absolute atomic E-state index is 12.9. The second-order valence-corrected chi connectivity index (χ2v) is 10.5. The number of nitrogens with zero attached hydrogens (tertiary/aromatic N) is 2. The number of hydrogen-bond acceptors (Lipinski definition) is 5. The molecule has 0 bridgehead atoms. The van der Waals surface area contributed by atoms with Crippen molar-refractivity contribution in [3.05, 3.63) is 69.9 Å². The summed E-state index contributed by atoms with van der Waals surface area (Å²) in [7, 11) is 1.83. The monoisotopic (exact) mass is 525 g/mol. The lowest BCUT2D eigenvalue weighted by atomic mass is 10.0. The molecule has 37 heavy (non-hydrogen) atoms. The molecule has 0 radical (unpaired) electrons. The molecule has 0 atom stereocenters. The third kappa shape index (κ3) is 7.13. The van der Waals surface area contributed by atoms with Crippen molar-refractivity contribution in [2.24, 2.45) is 13.0 Å². The largest absolute Gasteiger partial charge is 0.474 e. The van der Waals surface area contributed by atoms with Crippen molar-refractivity contribution < 1.29 is 19.1 Å². The Bertz CT molecular complexity index is 1240. The fraction of sp³-hybridized carbons (Fsp3) is 0.414. The summed E-state index contributed by atoms with van der Waals surface area (Å²) < 4.78 is 12.7. The van der Waals surface area contributed by atoms with Gasteiger partial charge in [0.2, 0.25) is 0 Å². The van der Waals surface area contributed by atoms with Crippen molar-refractivity contribution in [2.45, 2.75) is 60.1 Å². The average molecular weight is 526 g/mol. The summed E-state index contributed by atoms with van der Waals surface area (Å²) in [5.74, 6) is 0.249. The van der Waals surface area contributed by atoms with Crippen LogP contribution >= 0.6 is 11.6 Å². The van der Waals surface area contributed by atoms with Crippen molar-refractivity contribution in [3.63, 3.8) is 0 Å². The Morgan fingerprint density at radius 1 is 1.11 bits per heavy atom. The smallest absolute Gasteiger partial charge is 0.349 e. The maximum atomic E-state index is 12.9. The standard InChI is InChI=1S/C29H36ClN3O4/c1-8-36-28(35)29(5,6)37-26-19(4)14-21(15-23(26)30)17-31-27(34)24-16-25(33(7)32-24)22-11-9-20(10-12-22)13-18(2)3/h9-12,14-16,18H,8,13,17H2,1-7H3,(H,31,34). The van der Waals surface area contributed by atoms with Gasteiger partial charge in [-0.3, -0.25) is 9.48 Å². The molecular formula is C29H36ClN3O4. The van der Waals surface area contributed by atoms with Gasteiger partial charge in [0.1, 0.15) is 5.75 Å². The predicted molar refractivity (Wildman–Crippen MR) is 146 cm³/mol. The van der Waals surface area contributed by atoms with Crippen LogP contribution in [0.15, 0.2) is 42.5 Å². The molecule has 0 fully saturated rings. The highest BCUT2D eigenvalue weighted by Crippen LogP contribution is 2.33. The van der Waals surface area contributed by atoms with E-state index in [-0.39, 0.29) is 19.1 Å². The Balaban J connectivity index is 1.68. The summed E-state index contributed by atoms with van der Waals surface area (Å²) in [5, 5.41) is 7.66. The lowest BCUT2D eigenvalue weighted by molar-refractivity contribution is -0.158. The van der Waals surface area contributed by atoms with Gasteiger partial charge < -0.3 is 14.8 Å². The number of amides is 1. The van der Waals surface area contributed by atoms with Gasteiger partial charge in [0.15, 0.2) is 11.3 Å². The van der Waals surface area contributed by atoms with E-state index in [0.29, 0.717) is 22.4 Å². The fourth-order valence-corrected chi connectivity index (χ4v) is 4.37. The van der Waals surface area contributed by atoms with Gasteiger partial charge in [-0.1, -0.05) is 55.8 Å². The molecule has 0 aliphatic carbocycles. The highest BCUT2D eigenvalue weighted by molar-refractivity contribution is 6.32. The van der Waals surface area contributed by atoms with Crippen molar-refractivity contribution in [1.82, 2.24) is 15.1 Å². The number of carbonyl (C=O) groups excluding carboxylic acids is 2. The number of ether oxygens (including phenoxy) is 2. The van der Waals surface area contributed by atoms with E-state index in [1.165, 1.54) is 5.56 Å². The molecule has 3 aromatic rings. The van der Waals surface area contributed by atoms with Gasteiger partial charge in [0.25, 0.3) is 5.91 Å². The molecule has 1 aromatic heterocycles. The molecule has 7 nitrogen and oxygen atoms in total. The minimum absolute atomic E-state index is 0.261. The maximum Gasteiger partial charge on any atom is 0.349 e. The van der Waals surface area contributed by atoms with Gasteiger partial charge in [-0.2, -0.15) is 5.10 Å². The number of rotatable bonds is 10. The first-order chi connectivity index (χ1) is 17.4. The molecule has 2 aromatic carbocycles. The Hall–Kier alpha value is -3.32. The van der Waals surface area contributed by atoms with Crippen LogP contribution in [0.3, 0.4) is 0 Å². The van der Waals surface area contributed by atoms with E-state index in [4.69, 9.17) is 21.1 Å². The Kier molecular flexibility index (Phi) is 9.02. The molecule has 8 heteroatoms. The van der Waals surface area contributed by atoms with E-state index in [1.54, 1.807) is 37.6 Å². The van der Waals surface area contributed by atoms with Crippen LogP contribution in [0.1, 0.15) is 61.8 Å².